The van der Waals surface area contributed by atoms with Gasteiger partial charge in [-0.15, -0.1) is 0 Å². The number of halogens is 1. The van der Waals surface area contributed by atoms with E-state index in [4.69, 9.17) is 21.1 Å². The first kappa shape index (κ1) is 23.9. The molecule has 0 atom stereocenters. The molecule has 0 fully saturated rings. The summed E-state index contributed by atoms with van der Waals surface area (Å²) in [5, 5.41) is 12.8. The van der Waals surface area contributed by atoms with Crippen molar-refractivity contribution in [2.45, 2.75) is 26.9 Å². The van der Waals surface area contributed by atoms with E-state index in [1.54, 1.807) is 12.1 Å². The maximum atomic E-state index is 12.7. The number of nitrogens with zero attached hydrogens (tertiary/aromatic N) is 1. The van der Waals surface area contributed by atoms with Gasteiger partial charge in [0.25, 0.3) is 5.91 Å². The molecular weight excluding hydrogens is 436 g/mol. The lowest BCUT2D eigenvalue weighted by molar-refractivity contribution is -0.112. The number of carbonyl (C=O) groups is 1. The number of para-hydroxylation sites is 1. The number of aryl methyl sites for hydroxylation is 1. The third-order valence-corrected chi connectivity index (χ3v) is 5.16. The second kappa shape index (κ2) is 11.8. The Kier molecular flexibility index (Phi) is 8.51. The lowest BCUT2D eigenvalue weighted by Gasteiger charge is -2.15. The van der Waals surface area contributed by atoms with Gasteiger partial charge >= 0.3 is 0 Å². The molecular formula is C27H25ClN2O3. The highest BCUT2D eigenvalue weighted by Gasteiger charge is 2.15. The average molecular weight is 461 g/mol. The first-order valence-corrected chi connectivity index (χ1v) is 11.1. The number of benzene rings is 3. The van der Waals surface area contributed by atoms with E-state index in [1.165, 1.54) is 6.08 Å². The zero-order chi connectivity index (χ0) is 23.6. The topological polar surface area (TPSA) is 71.3 Å². The fourth-order valence-corrected chi connectivity index (χ4v) is 3.53. The second-order valence-electron chi connectivity index (χ2n) is 7.17. The fourth-order valence-electron chi connectivity index (χ4n) is 3.26. The quantitative estimate of drug-likeness (QED) is 0.295. The van der Waals surface area contributed by atoms with Gasteiger partial charge in [0, 0.05) is 5.69 Å². The molecule has 1 amide bonds. The molecule has 0 spiro atoms. The van der Waals surface area contributed by atoms with Crippen molar-refractivity contribution in [3.8, 4) is 17.6 Å². The summed E-state index contributed by atoms with van der Waals surface area (Å²) in [5.74, 6) is 0.373. The molecule has 0 saturated carbocycles. The molecule has 0 unspecified atom stereocenters. The second-order valence-corrected chi connectivity index (χ2v) is 7.58. The van der Waals surface area contributed by atoms with E-state index in [-0.39, 0.29) is 5.57 Å². The van der Waals surface area contributed by atoms with Crippen molar-refractivity contribution in [1.29, 1.82) is 5.26 Å². The van der Waals surface area contributed by atoms with E-state index >= 15 is 0 Å². The summed E-state index contributed by atoms with van der Waals surface area (Å²) in [5.41, 5.74) is 3.19. The van der Waals surface area contributed by atoms with Crippen LogP contribution in [0.3, 0.4) is 0 Å². The molecule has 0 aliphatic rings. The molecule has 3 aromatic rings. The van der Waals surface area contributed by atoms with Crippen molar-refractivity contribution in [1.82, 2.24) is 0 Å². The third kappa shape index (κ3) is 6.38. The number of anilines is 1. The predicted octanol–water partition coefficient (Wildman–Crippen LogP) is 6.43. The molecule has 1 N–H and O–H groups in total. The van der Waals surface area contributed by atoms with E-state index in [0.29, 0.717) is 41.0 Å². The monoisotopic (exact) mass is 460 g/mol. The highest BCUT2D eigenvalue weighted by Crippen LogP contribution is 2.38. The molecule has 0 heterocycles. The van der Waals surface area contributed by atoms with E-state index in [0.717, 1.165) is 17.5 Å². The van der Waals surface area contributed by atoms with Crippen molar-refractivity contribution in [2.75, 3.05) is 11.9 Å². The Labute approximate surface area is 199 Å². The zero-order valence-corrected chi connectivity index (χ0v) is 19.4. The van der Waals surface area contributed by atoms with E-state index < -0.39 is 5.91 Å². The smallest absolute Gasteiger partial charge is 0.266 e. The van der Waals surface area contributed by atoms with Gasteiger partial charge < -0.3 is 14.8 Å². The van der Waals surface area contributed by atoms with Crippen LogP contribution in [0.1, 0.15) is 30.5 Å². The Morgan fingerprint density at radius 1 is 1.06 bits per heavy atom. The number of nitriles is 1. The number of rotatable bonds is 9. The Hall–Kier alpha value is -3.75. The summed E-state index contributed by atoms with van der Waals surface area (Å²) in [6, 6.07) is 22.6. The molecule has 0 aliphatic heterocycles. The third-order valence-electron chi connectivity index (χ3n) is 4.88. The Morgan fingerprint density at radius 3 is 2.48 bits per heavy atom. The molecule has 33 heavy (non-hydrogen) atoms. The number of amides is 1. The molecule has 0 saturated heterocycles. The highest BCUT2D eigenvalue weighted by molar-refractivity contribution is 6.32. The number of hydrogen-bond donors (Lipinski definition) is 1. The number of ether oxygens (including phenoxy) is 2. The average Bonchev–Trinajstić information content (AvgIpc) is 2.83. The maximum Gasteiger partial charge on any atom is 0.266 e. The van der Waals surface area contributed by atoms with Crippen LogP contribution >= 0.6 is 11.6 Å². The maximum absolute atomic E-state index is 12.7. The van der Waals surface area contributed by atoms with Crippen LogP contribution in [-0.2, 0) is 17.8 Å². The largest absolute Gasteiger partial charge is 0.490 e. The van der Waals surface area contributed by atoms with Crippen molar-refractivity contribution in [3.63, 3.8) is 0 Å². The van der Waals surface area contributed by atoms with Gasteiger partial charge in [-0.1, -0.05) is 67.1 Å². The molecule has 0 aliphatic carbocycles. The lowest BCUT2D eigenvalue weighted by atomic mass is 10.1. The van der Waals surface area contributed by atoms with Gasteiger partial charge in [0.05, 0.1) is 11.6 Å². The number of carbonyl (C=O) groups excluding carboxylic acids is 1. The van der Waals surface area contributed by atoms with Crippen LogP contribution in [0.4, 0.5) is 5.69 Å². The van der Waals surface area contributed by atoms with E-state index in [1.807, 2.05) is 74.5 Å². The van der Waals surface area contributed by atoms with E-state index in [9.17, 15) is 10.1 Å². The van der Waals surface area contributed by atoms with E-state index in [2.05, 4.69) is 5.32 Å². The summed E-state index contributed by atoms with van der Waals surface area (Å²) < 4.78 is 11.6. The molecule has 6 heteroatoms. The van der Waals surface area contributed by atoms with Crippen LogP contribution in [0.25, 0.3) is 6.08 Å². The van der Waals surface area contributed by atoms with Crippen molar-refractivity contribution < 1.29 is 14.3 Å². The first-order valence-electron chi connectivity index (χ1n) is 10.7. The Morgan fingerprint density at radius 2 is 1.79 bits per heavy atom. The van der Waals surface area contributed by atoms with Crippen molar-refractivity contribution >= 4 is 29.3 Å². The van der Waals surface area contributed by atoms with Gasteiger partial charge in [-0.3, -0.25) is 4.79 Å². The van der Waals surface area contributed by atoms with Crippen LogP contribution in [-0.4, -0.2) is 12.5 Å². The molecule has 0 aromatic heterocycles. The highest BCUT2D eigenvalue weighted by atomic mass is 35.5. The van der Waals surface area contributed by atoms with Crippen LogP contribution in [0, 0.1) is 11.3 Å². The fraction of sp³-hybridized carbons (Fsp3) is 0.185. The Balaban J connectivity index is 1.86. The number of nitrogens with one attached hydrogen (secondary N) is 1. The van der Waals surface area contributed by atoms with Gasteiger partial charge in [-0.25, -0.2) is 0 Å². The standard InChI is InChI=1S/C27H25ClN2O3/c1-3-21-12-8-9-13-24(21)30-27(31)22(17-29)14-20-15-23(28)26(25(16-20)32-4-2)33-18-19-10-6-5-7-11-19/h5-16H,3-4,18H2,1-2H3,(H,30,31)/b22-14+. The Bertz CT molecular complexity index is 1180. The summed E-state index contributed by atoms with van der Waals surface area (Å²) in [6.07, 6.45) is 2.25. The summed E-state index contributed by atoms with van der Waals surface area (Å²) in [7, 11) is 0. The minimum absolute atomic E-state index is 0.0441. The minimum Gasteiger partial charge on any atom is -0.490 e. The summed E-state index contributed by atoms with van der Waals surface area (Å²) in [4.78, 5) is 12.7. The van der Waals surface area contributed by atoms with Gasteiger partial charge in [0.1, 0.15) is 18.2 Å². The lowest BCUT2D eigenvalue weighted by Crippen LogP contribution is -2.14. The molecule has 0 bridgehead atoms. The molecule has 3 rings (SSSR count). The van der Waals surface area contributed by atoms with Gasteiger partial charge in [-0.2, -0.15) is 5.26 Å². The van der Waals surface area contributed by atoms with Gasteiger partial charge in [0.2, 0.25) is 0 Å². The zero-order valence-electron chi connectivity index (χ0n) is 18.6. The van der Waals surface area contributed by atoms with Crippen LogP contribution < -0.4 is 14.8 Å². The molecule has 168 valence electrons. The van der Waals surface area contributed by atoms with Gasteiger partial charge in [0.15, 0.2) is 11.5 Å². The van der Waals surface area contributed by atoms with Gasteiger partial charge in [-0.05, 0) is 54.3 Å². The van der Waals surface area contributed by atoms with Crippen molar-refractivity contribution in [3.05, 3.63) is 94.0 Å². The number of hydrogen-bond acceptors (Lipinski definition) is 4. The minimum atomic E-state index is -0.489. The SMILES string of the molecule is CCOc1cc(/C=C(\C#N)C(=O)Nc2ccccc2CC)cc(Cl)c1OCc1ccccc1. The summed E-state index contributed by atoms with van der Waals surface area (Å²) >= 11 is 6.49. The summed E-state index contributed by atoms with van der Waals surface area (Å²) in [6.45, 7) is 4.60. The van der Waals surface area contributed by atoms with Crippen LogP contribution in [0.2, 0.25) is 5.02 Å². The van der Waals surface area contributed by atoms with Crippen LogP contribution in [0.5, 0.6) is 11.5 Å². The molecule has 3 aromatic carbocycles. The van der Waals surface area contributed by atoms with Crippen molar-refractivity contribution in [2.24, 2.45) is 0 Å². The predicted molar refractivity (Wildman–Crippen MR) is 131 cm³/mol. The molecule has 5 nitrogen and oxygen atoms in total. The van der Waals surface area contributed by atoms with Crippen LogP contribution in [0.15, 0.2) is 72.3 Å². The first-order chi connectivity index (χ1) is 16.0. The molecule has 0 radical (unpaired) electrons. The normalized spacial score (nSPS) is 10.9.